The molecule has 2 bridgehead atoms. The van der Waals surface area contributed by atoms with E-state index in [0.29, 0.717) is 11.6 Å². The Labute approximate surface area is 149 Å². The normalized spacial score (nSPS) is 30.4. The van der Waals surface area contributed by atoms with Gasteiger partial charge < -0.3 is 4.74 Å². The zero-order chi connectivity index (χ0) is 17.1. The Hall–Kier alpha value is -2.18. The Bertz CT molecular complexity index is 838. The molecule has 4 heterocycles. The molecule has 3 aliphatic rings. The molecule has 1 aromatic carbocycles. The molecule has 0 radical (unpaired) electrons. The summed E-state index contributed by atoms with van der Waals surface area (Å²) < 4.78 is 7.41. The average molecular weight is 358 g/mol. The van der Waals surface area contributed by atoms with E-state index < -0.39 is 0 Å². The first-order chi connectivity index (χ1) is 12.1. The average Bonchev–Trinajstić information content (AvgIpc) is 3.34. The van der Waals surface area contributed by atoms with Gasteiger partial charge >= 0.3 is 0 Å². The molecule has 3 aliphatic heterocycles. The monoisotopic (exact) mass is 357 g/mol. The fourth-order valence-electron chi connectivity index (χ4n) is 4.31. The van der Waals surface area contributed by atoms with Gasteiger partial charge in [-0.3, -0.25) is 14.3 Å². The maximum absolute atomic E-state index is 12.8. The van der Waals surface area contributed by atoms with Crippen molar-refractivity contribution in [2.45, 2.75) is 31.6 Å². The van der Waals surface area contributed by atoms with Crippen molar-refractivity contribution < 1.29 is 14.3 Å². The molecule has 2 aromatic rings. The highest BCUT2D eigenvalue weighted by molar-refractivity contribution is 6.35. The molecular weight excluding hydrogens is 342 g/mol. The number of hydrogen-bond donors (Lipinski definition) is 0. The fraction of sp³-hybridized carbons (Fsp3) is 0.389. The van der Waals surface area contributed by atoms with Gasteiger partial charge in [0.15, 0.2) is 5.82 Å². The van der Waals surface area contributed by atoms with Crippen LogP contribution in [0.4, 0.5) is 5.82 Å². The van der Waals surface area contributed by atoms with Crippen molar-refractivity contribution in [3.63, 3.8) is 0 Å². The summed E-state index contributed by atoms with van der Waals surface area (Å²) in [7, 11) is 0. The third kappa shape index (κ3) is 2.17. The summed E-state index contributed by atoms with van der Waals surface area (Å²) in [6.45, 7) is 0.526. The number of hydrogen-bond acceptors (Lipinski definition) is 4. The summed E-state index contributed by atoms with van der Waals surface area (Å²) in [6.07, 6.45) is 3.07. The number of aromatic nitrogens is 2. The van der Waals surface area contributed by atoms with Crippen molar-refractivity contribution in [3.05, 3.63) is 47.1 Å². The summed E-state index contributed by atoms with van der Waals surface area (Å²) in [5, 5.41) is 4.72. The van der Waals surface area contributed by atoms with Crippen LogP contribution in [0.5, 0.6) is 0 Å². The summed E-state index contributed by atoms with van der Waals surface area (Å²) in [6, 6.07) is 9.82. The topological polar surface area (TPSA) is 64.4 Å². The first-order valence-corrected chi connectivity index (χ1v) is 8.81. The molecule has 7 heteroatoms. The zero-order valence-corrected chi connectivity index (χ0v) is 14.1. The Kier molecular flexibility index (Phi) is 3.27. The molecule has 0 N–H and O–H groups in total. The third-order valence-electron chi connectivity index (χ3n) is 5.38. The van der Waals surface area contributed by atoms with Crippen LogP contribution in [0.2, 0.25) is 5.02 Å². The van der Waals surface area contributed by atoms with Crippen LogP contribution in [0.1, 0.15) is 18.4 Å². The maximum atomic E-state index is 12.8. The van der Waals surface area contributed by atoms with Gasteiger partial charge in [-0.15, -0.1) is 0 Å². The van der Waals surface area contributed by atoms with E-state index in [0.717, 1.165) is 18.4 Å². The predicted molar refractivity (Wildman–Crippen MR) is 90.1 cm³/mol. The van der Waals surface area contributed by atoms with Crippen LogP contribution in [-0.2, 0) is 20.9 Å². The molecule has 2 amide bonds. The van der Waals surface area contributed by atoms with Gasteiger partial charge in [-0.25, -0.2) is 4.90 Å². The Morgan fingerprint density at radius 3 is 2.36 bits per heavy atom. The van der Waals surface area contributed by atoms with E-state index in [9.17, 15) is 9.59 Å². The zero-order valence-electron chi connectivity index (χ0n) is 13.3. The lowest BCUT2D eigenvalue weighted by atomic mass is 9.81. The number of fused-ring (bicyclic) bond motifs is 5. The van der Waals surface area contributed by atoms with Crippen molar-refractivity contribution in [2.24, 2.45) is 11.8 Å². The van der Waals surface area contributed by atoms with Crippen LogP contribution in [0.15, 0.2) is 36.5 Å². The van der Waals surface area contributed by atoms with Gasteiger partial charge in [-0.1, -0.05) is 41.9 Å². The predicted octanol–water partition coefficient (Wildman–Crippen LogP) is 2.25. The maximum Gasteiger partial charge on any atom is 0.241 e. The summed E-state index contributed by atoms with van der Waals surface area (Å²) >= 11 is 6.31. The molecule has 4 atom stereocenters. The Balaban J connectivity index is 1.46. The molecule has 0 aliphatic carbocycles. The highest BCUT2D eigenvalue weighted by Crippen LogP contribution is 2.49. The SMILES string of the molecule is O=C1[C@@H]2[C@@H](C(=O)N1c1nn(Cc3ccccc3)cc1Cl)[C@H]1CC[C@H]2O1. The smallest absolute Gasteiger partial charge is 0.241 e. The highest BCUT2D eigenvalue weighted by atomic mass is 35.5. The van der Waals surface area contributed by atoms with Crippen LogP contribution < -0.4 is 4.90 Å². The lowest BCUT2D eigenvalue weighted by Crippen LogP contribution is -2.34. The summed E-state index contributed by atoms with van der Waals surface area (Å²) in [4.78, 5) is 26.8. The molecule has 0 unspecified atom stereocenters. The minimum atomic E-state index is -0.374. The van der Waals surface area contributed by atoms with E-state index in [4.69, 9.17) is 16.3 Å². The van der Waals surface area contributed by atoms with Gasteiger partial charge in [0.1, 0.15) is 5.02 Å². The molecular formula is C18H16ClN3O3. The number of halogens is 1. The quantitative estimate of drug-likeness (QED) is 0.790. The second-order valence-corrected chi connectivity index (χ2v) is 7.24. The second-order valence-electron chi connectivity index (χ2n) is 6.84. The van der Waals surface area contributed by atoms with E-state index in [1.165, 1.54) is 4.90 Å². The molecule has 0 saturated carbocycles. The van der Waals surface area contributed by atoms with Crippen LogP contribution >= 0.6 is 11.6 Å². The molecule has 3 fully saturated rings. The largest absolute Gasteiger partial charge is 0.373 e. The van der Waals surface area contributed by atoms with Crippen LogP contribution in [-0.4, -0.2) is 33.8 Å². The van der Waals surface area contributed by atoms with E-state index in [1.807, 2.05) is 30.3 Å². The number of carbonyl (C=O) groups excluding carboxylic acids is 2. The van der Waals surface area contributed by atoms with Crippen LogP contribution in [0, 0.1) is 11.8 Å². The first-order valence-electron chi connectivity index (χ1n) is 8.43. The van der Waals surface area contributed by atoms with Crippen molar-refractivity contribution in [1.29, 1.82) is 0 Å². The minimum absolute atomic E-state index is 0.137. The molecule has 1 aromatic heterocycles. The first kappa shape index (κ1) is 15.1. The lowest BCUT2D eigenvalue weighted by molar-refractivity contribution is -0.124. The number of imide groups is 1. The van der Waals surface area contributed by atoms with Crippen molar-refractivity contribution in [1.82, 2.24) is 9.78 Å². The Morgan fingerprint density at radius 2 is 1.72 bits per heavy atom. The third-order valence-corrected chi connectivity index (χ3v) is 5.65. The minimum Gasteiger partial charge on any atom is -0.373 e. The number of anilines is 1. The number of nitrogens with zero attached hydrogens (tertiary/aromatic N) is 3. The van der Waals surface area contributed by atoms with E-state index in [1.54, 1.807) is 10.9 Å². The van der Waals surface area contributed by atoms with Crippen molar-refractivity contribution in [3.8, 4) is 0 Å². The molecule has 6 nitrogen and oxygen atoms in total. The van der Waals surface area contributed by atoms with E-state index >= 15 is 0 Å². The van der Waals surface area contributed by atoms with Gasteiger partial charge in [0.25, 0.3) is 0 Å². The van der Waals surface area contributed by atoms with Crippen LogP contribution in [0.3, 0.4) is 0 Å². The van der Waals surface area contributed by atoms with Gasteiger partial charge in [0.2, 0.25) is 11.8 Å². The lowest BCUT2D eigenvalue weighted by Gasteiger charge is -2.15. The van der Waals surface area contributed by atoms with Crippen LogP contribution in [0.25, 0.3) is 0 Å². The molecule has 3 saturated heterocycles. The van der Waals surface area contributed by atoms with Gasteiger partial charge in [-0.05, 0) is 18.4 Å². The van der Waals surface area contributed by atoms with E-state index in [-0.39, 0.29) is 41.7 Å². The van der Waals surface area contributed by atoms with E-state index in [2.05, 4.69) is 5.10 Å². The molecule has 25 heavy (non-hydrogen) atoms. The van der Waals surface area contributed by atoms with Gasteiger partial charge in [0.05, 0.1) is 30.6 Å². The molecule has 128 valence electrons. The number of ether oxygens (including phenoxy) is 1. The Morgan fingerprint density at radius 1 is 1.08 bits per heavy atom. The molecule has 0 spiro atoms. The van der Waals surface area contributed by atoms with Gasteiger partial charge in [0, 0.05) is 6.20 Å². The van der Waals surface area contributed by atoms with Gasteiger partial charge in [-0.2, -0.15) is 5.10 Å². The van der Waals surface area contributed by atoms with Crippen molar-refractivity contribution >= 4 is 29.2 Å². The fourth-order valence-corrected chi connectivity index (χ4v) is 4.55. The highest BCUT2D eigenvalue weighted by Gasteiger charge is 2.63. The number of carbonyl (C=O) groups is 2. The second kappa shape index (κ2) is 5.41. The van der Waals surface area contributed by atoms with Crippen molar-refractivity contribution in [2.75, 3.05) is 4.90 Å². The number of rotatable bonds is 3. The molecule has 5 rings (SSSR count). The number of benzene rings is 1. The number of amides is 2. The standard InChI is InChI=1S/C18H16ClN3O3/c19-11-9-21(8-10-4-2-1-3-5-10)20-16(11)22-17(23)14-12-6-7-13(25-12)15(14)18(22)24/h1-5,9,12-15H,6-8H2/t12-,13-,14+,15+/m1/s1. The summed E-state index contributed by atoms with van der Waals surface area (Å²) in [5.74, 6) is -0.965. The summed E-state index contributed by atoms with van der Waals surface area (Å²) in [5.41, 5.74) is 1.07.